The number of carbonyl (C=O) groups is 8. The molecule has 0 aliphatic heterocycles. The largest absolute Gasteiger partial charge is 0.489 e. The lowest BCUT2D eigenvalue weighted by molar-refractivity contribution is -0.134. The summed E-state index contributed by atoms with van der Waals surface area (Å²) in [6.07, 6.45) is 6.46. The SMILES string of the molecule is COC1=C(OC)C(=O)C(CCCCCCCCCC(=O)N[C@@H](Cc2ccccc2)C(=O)N[C@H](CCCN=C(N)N)C(=O)N[C@@H](Cc2ccccc2)C(=O)N[C@@H](CNC(=O)c2ccccc2N)C(N)=O)=C(C)C1=O. The van der Waals surface area contributed by atoms with Crippen molar-refractivity contribution in [1.29, 1.82) is 0 Å². The maximum atomic E-state index is 14.3. The van der Waals surface area contributed by atoms with Crippen LogP contribution in [0.2, 0.25) is 0 Å². The van der Waals surface area contributed by atoms with E-state index in [4.69, 9.17) is 32.4 Å². The van der Waals surface area contributed by atoms with Crippen molar-refractivity contribution < 1.29 is 47.8 Å². The Hall–Kier alpha value is -8.03. The van der Waals surface area contributed by atoms with Gasteiger partial charge in [-0.25, -0.2) is 0 Å². The second-order valence-corrected chi connectivity index (χ2v) is 17.6. The topological polar surface area (TPSA) is 332 Å². The Kier molecular flexibility index (Phi) is 23.6. The molecule has 392 valence electrons. The highest BCUT2D eigenvalue weighted by atomic mass is 16.5. The summed E-state index contributed by atoms with van der Waals surface area (Å²) >= 11 is 0. The average molecular weight is 1010 g/mol. The number of carbonyl (C=O) groups excluding carboxylic acids is 8. The summed E-state index contributed by atoms with van der Waals surface area (Å²) in [4.78, 5) is 111. The number of para-hydroxylation sites is 1. The van der Waals surface area contributed by atoms with Crippen LogP contribution in [-0.2, 0) is 55.9 Å². The molecule has 13 N–H and O–H groups in total. The number of unbranched alkanes of at least 4 members (excludes halogenated alkanes) is 6. The van der Waals surface area contributed by atoms with Crippen molar-refractivity contribution >= 4 is 58.7 Å². The number of guanidine groups is 1. The molecular formula is C53H70N10O10. The molecule has 0 fully saturated rings. The number of hydrogen-bond donors (Lipinski definition) is 9. The highest BCUT2D eigenvalue weighted by molar-refractivity contribution is 6.23. The van der Waals surface area contributed by atoms with Gasteiger partial charge in [0, 0.05) is 49.2 Å². The summed E-state index contributed by atoms with van der Waals surface area (Å²) in [6.45, 7) is 1.35. The maximum absolute atomic E-state index is 14.3. The van der Waals surface area contributed by atoms with Gasteiger partial charge >= 0.3 is 0 Å². The van der Waals surface area contributed by atoms with Crippen molar-refractivity contribution in [2.24, 2.45) is 22.2 Å². The lowest BCUT2D eigenvalue weighted by atomic mass is 9.89. The predicted molar refractivity (Wildman–Crippen MR) is 276 cm³/mol. The number of nitrogens with two attached hydrogens (primary N) is 4. The monoisotopic (exact) mass is 1010 g/mol. The molecule has 0 heterocycles. The number of rotatable bonds is 31. The van der Waals surface area contributed by atoms with Crippen LogP contribution in [-0.4, -0.2) is 104 Å². The Balaban J connectivity index is 1.39. The molecule has 4 rings (SSSR count). The lowest BCUT2D eigenvalue weighted by Crippen LogP contribution is -2.59. The molecule has 20 heteroatoms. The van der Waals surface area contributed by atoms with E-state index in [9.17, 15) is 38.4 Å². The van der Waals surface area contributed by atoms with Crippen LogP contribution < -0.4 is 49.5 Å². The Labute approximate surface area is 425 Å². The number of primary amides is 1. The second kappa shape index (κ2) is 30.0. The molecule has 3 aromatic rings. The molecular weight excluding hydrogens is 937 g/mol. The minimum atomic E-state index is -1.39. The van der Waals surface area contributed by atoms with E-state index in [1.165, 1.54) is 26.4 Å². The van der Waals surface area contributed by atoms with Gasteiger partial charge in [-0.3, -0.25) is 43.3 Å². The summed E-state index contributed by atoms with van der Waals surface area (Å²) < 4.78 is 10.3. The van der Waals surface area contributed by atoms with E-state index in [2.05, 4.69) is 31.6 Å². The van der Waals surface area contributed by atoms with E-state index < -0.39 is 53.7 Å². The minimum Gasteiger partial charge on any atom is -0.489 e. The number of nitrogens with one attached hydrogen (secondary N) is 5. The summed E-state index contributed by atoms with van der Waals surface area (Å²) in [5.74, 6) is -5.10. The van der Waals surface area contributed by atoms with Crippen LogP contribution in [0.15, 0.2) is 113 Å². The molecule has 0 saturated heterocycles. The van der Waals surface area contributed by atoms with E-state index in [0.717, 1.165) is 37.7 Å². The van der Waals surface area contributed by atoms with Gasteiger partial charge in [-0.15, -0.1) is 0 Å². The zero-order valence-electron chi connectivity index (χ0n) is 41.8. The smallest absolute Gasteiger partial charge is 0.253 e. The van der Waals surface area contributed by atoms with Crippen LogP contribution in [0.5, 0.6) is 0 Å². The number of Topliss-reactive ketones (excluding diaryl/α,β-unsaturated/α-hetero) is 2. The number of methoxy groups -OCH3 is 2. The molecule has 0 aromatic heterocycles. The Morgan fingerprint density at radius 3 is 1.64 bits per heavy atom. The van der Waals surface area contributed by atoms with E-state index in [1.54, 1.807) is 61.5 Å². The fourth-order valence-electron chi connectivity index (χ4n) is 8.15. The standard InChI is InChI=1S/C53H70N10O10/c1-33-36(45(66)47(73-3)46(72-2)44(33)65)24-15-7-5-4-6-8-16-28-43(64)60-40(30-34-20-11-9-12-21-34)51(70)61-39(27-19-29-58-53(56)57)50(69)62-41(31-35-22-13-10-14-23-35)52(71)63-42(48(55)67)32-59-49(68)37-25-17-18-26-38(37)54/h9-14,17-18,20-23,25-26,39-42H,4-8,15-16,19,24,27-32,54H2,1-3H3,(H2,55,67)(H,59,68)(H,60,64)(H,61,70)(H,62,69)(H,63,71)(H4,56,57,58)/t39-,40+,41+,42+/m1/s1. The van der Waals surface area contributed by atoms with Crippen molar-refractivity contribution in [2.45, 2.75) is 115 Å². The van der Waals surface area contributed by atoms with Crippen LogP contribution in [0.4, 0.5) is 5.69 Å². The van der Waals surface area contributed by atoms with Gasteiger partial charge in [0.2, 0.25) is 52.6 Å². The van der Waals surface area contributed by atoms with Gasteiger partial charge in [-0.1, -0.05) is 105 Å². The van der Waals surface area contributed by atoms with Gasteiger partial charge in [-0.2, -0.15) is 0 Å². The first-order valence-electron chi connectivity index (χ1n) is 24.4. The number of aliphatic imine (C=N–C) groups is 1. The Morgan fingerprint density at radius 2 is 1.08 bits per heavy atom. The highest BCUT2D eigenvalue weighted by Gasteiger charge is 2.35. The van der Waals surface area contributed by atoms with Crippen molar-refractivity contribution in [3.8, 4) is 0 Å². The van der Waals surface area contributed by atoms with Crippen molar-refractivity contribution in [3.63, 3.8) is 0 Å². The molecule has 73 heavy (non-hydrogen) atoms. The summed E-state index contributed by atoms with van der Waals surface area (Å²) in [5.41, 5.74) is 25.3. The van der Waals surface area contributed by atoms with E-state index >= 15 is 0 Å². The Morgan fingerprint density at radius 1 is 0.589 bits per heavy atom. The number of ether oxygens (including phenoxy) is 2. The predicted octanol–water partition coefficient (Wildman–Crippen LogP) is 2.45. The zero-order chi connectivity index (χ0) is 53.3. The molecule has 0 radical (unpaired) electrons. The number of anilines is 1. The van der Waals surface area contributed by atoms with Crippen molar-refractivity contribution in [1.82, 2.24) is 26.6 Å². The average Bonchev–Trinajstić information content (AvgIpc) is 3.37. The number of hydrogen-bond acceptors (Lipinski definition) is 12. The number of nitrogen functional groups attached to an aromatic ring is 1. The third-order valence-electron chi connectivity index (χ3n) is 12.2. The minimum absolute atomic E-state index is 0.0230. The zero-order valence-corrected chi connectivity index (χ0v) is 41.8. The first kappa shape index (κ1) is 57.5. The summed E-state index contributed by atoms with van der Waals surface area (Å²) in [7, 11) is 2.66. The molecule has 6 amide bonds. The van der Waals surface area contributed by atoms with Crippen LogP contribution in [0, 0.1) is 0 Å². The molecule has 4 atom stereocenters. The van der Waals surface area contributed by atoms with Crippen LogP contribution >= 0.6 is 0 Å². The fourth-order valence-corrected chi connectivity index (χ4v) is 8.15. The van der Waals surface area contributed by atoms with Crippen LogP contribution in [0.25, 0.3) is 0 Å². The van der Waals surface area contributed by atoms with E-state index in [-0.39, 0.29) is 91.4 Å². The molecule has 0 saturated carbocycles. The number of benzene rings is 3. The van der Waals surface area contributed by atoms with Crippen LogP contribution in [0.1, 0.15) is 99.0 Å². The molecule has 0 unspecified atom stereocenters. The Bertz CT molecular complexity index is 2490. The first-order chi connectivity index (χ1) is 35.0. The quantitative estimate of drug-likeness (QED) is 0.0147. The molecule has 3 aromatic carbocycles. The fraction of sp³-hybridized carbons (Fsp3) is 0.415. The number of allylic oxidation sites excluding steroid dienone is 2. The van der Waals surface area contributed by atoms with Gasteiger partial charge in [-0.05, 0) is 62.3 Å². The third kappa shape index (κ3) is 18.6. The van der Waals surface area contributed by atoms with Gasteiger partial charge in [0.25, 0.3) is 5.91 Å². The third-order valence-corrected chi connectivity index (χ3v) is 12.2. The molecule has 0 bridgehead atoms. The van der Waals surface area contributed by atoms with Gasteiger partial charge in [0.05, 0.1) is 19.8 Å². The maximum Gasteiger partial charge on any atom is 0.253 e. The van der Waals surface area contributed by atoms with E-state index in [0.29, 0.717) is 36.0 Å². The number of nitrogens with zero attached hydrogens (tertiary/aromatic N) is 1. The van der Waals surface area contributed by atoms with Crippen molar-refractivity contribution in [2.75, 3.05) is 33.0 Å². The van der Waals surface area contributed by atoms with Gasteiger partial charge in [0.15, 0.2) is 5.96 Å². The molecule has 0 spiro atoms. The molecule has 1 aliphatic rings. The molecule has 1 aliphatic carbocycles. The van der Waals surface area contributed by atoms with Gasteiger partial charge in [0.1, 0.15) is 24.2 Å². The van der Waals surface area contributed by atoms with Crippen LogP contribution in [0.3, 0.4) is 0 Å². The number of amides is 6. The van der Waals surface area contributed by atoms with E-state index in [1.807, 2.05) is 18.2 Å². The first-order valence-corrected chi connectivity index (χ1v) is 24.4. The number of ketones is 2. The van der Waals surface area contributed by atoms with Gasteiger partial charge < -0.3 is 59.0 Å². The molecule has 20 nitrogen and oxygen atoms in total. The normalized spacial score (nSPS) is 14.0. The van der Waals surface area contributed by atoms with Crippen molar-refractivity contribution in [3.05, 3.63) is 124 Å². The second-order valence-electron chi connectivity index (χ2n) is 17.6. The highest BCUT2D eigenvalue weighted by Crippen LogP contribution is 2.29. The summed E-state index contributed by atoms with van der Waals surface area (Å²) in [5, 5.41) is 13.5. The lowest BCUT2D eigenvalue weighted by Gasteiger charge is -2.26. The summed E-state index contributed by atoms with van der Waals surface area (Å²) in [6, 6.07) is 19.1.